The number of hydrogen-bond acceptors (Lipinski definition) is 3. The Bertz CT molecular complexity index is 457. The van der Waals surface area contributed by atoms with Gasteiger partial charge in [0.25, 0.3) is 0 Å². The van der Waals surface area contributed by atoms with Crippen LogP contribution in [0.2, 0.25) is 0 Å². The molecule has 0 aliphatic rings. The topological polar surface area (TPSA) is 52.1 Å². The van der Waals surface area contributed by atoms with Gasteiger partial charge >= 0.3 is 0 Å². The van der Waals surface area contributed by atoms with E-state index >= 15 is 0 Å². The van der Waals surface area contributed by atoms with Gasteiger partial charge in [0, 0.05) is 8.51 Å². The predicted molar refractivity (Wildman–Crippen MR) is 68.5 cm³/mol. The summed E-state index contributed by atoms with van der Waals surface area (Å²) in [4.78, 5) is 5.69. The average Bonchev–Trinajstić information content (AvgIpc) is 2.33. The van der Waals surface area contributed by atoms with Crippen LogP contribution in [0.25, 0.3) is 0 Å². The van der Waals surface area contributed by atoms with Gasteiger partial charge in [0.05, 0.1) is 6.61 Å². The van der Waals surface area contributed by atoms with Crippen LogP contribution in [0.15, 0.2) is 30.3 Å². The van der Waals surface area contributed by atoms with Crippen LogP contribution in [-0.2, 0) is 0 Å². The molecular formula is C8H12N3O2P3. The van der Waals surface area contributed by atoms with E-state index in [9.17, 15) is 0 Å². The standard InChI is InChI=1S/C8H12N3O2P3/c1-2-12-16-10-14-9-15-11(16)13-8-6-4-3-5-7-8/h3-7,10,14H,2H2,1H3. The molecule has 1 aromatic carbocycles. The maximum atomic E-state index is 5.69. The lowest BCUT2D eigenvalue weighted by molar-refractivity contribution is 0.262. The summed E-state index contributed by atoms with van der Waals surface area (Å²) >= 11 is 0. The van der Waals surface area contributed by atoms with E-state index in [1.807, 2.05) is 37.3 Å². The van der Waals surface area contributed by atoms with E-state index in [1.165, 1.54) is 0 Å². The first-order chi connectivity index (χ1) is 7.90. The Labute approximate surface area is 97.8 Å². The van der Waals surface area contributed by atoms with Crippen molar-refractivity contribution in [1.82, 2.24) is 13.3 Å². The van der Waals surface area contributed by atoms with Gasteiger partial charge in [0.2, 0.25) is 8.08 Å². The van der Waals surface area contributed by atoms with Crippen molar-refractivity contribution in [2.24, 2.45) is 0 Å². The second-order valence-electron chi connectivity index (χ2n) is 2.76. The Morgan fingerprint density at radius 2 is 2.31 bits per heavy atom. The van der Waals surface area contributed by atoms with Crippen molar-refractivity contribution in [2.45, 2.75) is 6.92 Å². The lowest BCUT2D eigenvalue weighted by Gasteiger charge is -2.11. The molecule has 1 N–H and O–H groups in total. The molecule has 0 saturated carbocycles. The van der Waals surface area contributed by atoms with Crippen LogP contribution in [0.4, 0.5) is 0 Å². The monoisotopic (exact) mass is 275 g/mol. The second-order valence-corrected chi connectivity index (χ2v) is 6.70. The normalized spacial score (nSPS) is 12.2. The fourth-order valence-corrected chi connectivity index (χ4v) is 4.90. The molecule has 2 aromatic rings. The number of aromatic nitrogens is 3. The van der Waals surface area contributed by atoms with Crippen molar-refractivity contribution in [2.75, 3.05) is 6.61 Å². The maximum Gasteiger partial charge on any atom is 0.218 e. The number of H-pyrrole nitrogens is 1. The Morgan fingerprint density at radius 3 is 3.06 bits per heavy atom. The van der Waals surface area contributed by atoms with Crippen molar-refractivity contribution in [3.63, 3.8) is 0 Å². The van der Waals surface area contributed by atoms with Crippen molar-refractivity contribution in [1.29, 1.82) is 0 Å². The fraction of sp³-hybridized carbons (Fsp3) is 0.250. The van der Waals surface area contributed by atoms with E-state index in [1.54, 1.807) is 4.26 Å². The lowest BCUT2D eigenvalue weighted by Crippen LogP contribution is -2.04. The molecule has 0 amide bonds. The van der Waals surface area contributed by atoms with Gasteiger partial charge in [0.1, 0.15) is 0 Å². The number of para-hydroxylation sites is 1. The molecule has 2 atom stereocenters. The van der Waals surface area contributed by atoms with Crippen molar-refractivity contribution in [3.8, 4) is 5.75 Å². The first-order valence-electron chi connectivity index (χ1n) is 4.77. The van der Waals surface area contributed by atoms with Gasteiger partial charge in [-0.05, 0) is 19.1 Å². The van der Waals surface area contributed by atoms with Crippen molar-refractivity contribution >= 4 is 25.1 Å². The van der Waals surface area contributed by atoms with Gasteiger partial charge in [-0.2, -0.15) is 4.51 Å². The summed E-state index contributed by atoms with van der Waals surface area (Å²) in [6.07, 6.45) is 0. The molecule has 0 spiro atoms. The Kier molecular flexibility index (Phi) is 4.50. The molecule has 2 unspecified atom stereocenters. The molecule has 2 rings (SSSR count). The van der Waals surface area contributed by atoms with Gasteiger partial charge < -0.3 is 9.36 Å². The van der Waals surface area contributed by atoms with Crippen LogP contribution < -0.4 is 9.36 Å². The van der Waals surface area contributed by atoms with E-state index in [0.717, 1.165) is 14.3 Å². The van der Waals surface area contributed by atoms with E-state index in [-0.39, 0.29) is 0 Å². The van der Waals surface area contributed by atoms with Gasteiger partial charge in [-0.15, -0.1) is 0 Å². The largest absolute Gasteiger partial charge is 0.364 e. The average molecular weight is 275 g/mol. The van der Waals surface area contributed by atoms with Crippen LogP contribution >= 0.6 is 25.1 Å². The molecule has 0 aliphatic heterocycles. The molecule has 0 aliphatic carbocycles. The zero-order valence-electron chi connectivity index (χ0n) is 8.70. The van der Waals surface area contributed by atoms with Gasteiger partial charge in [0.15, 0.2) is 14.3 Å². The van der Waals surface area contributed by atoms with Crippen molar-refractivity contribution in [3.05, 3.63) is 30.3 Å². The summed E-state index contributed by atoms with van der Waals surface area (Å²) in [5.74, 6) is 0.796. The minimum atomic E-state index is -0.892. The maximum absolute atomic E-state index is 5.69. The minimum Gasteiger partial charge on any atom is -0.364 e. The third-order valence-electron chi connectivity index (χ3n) is 1.65. The summed E-state index contributed by atoms with van der Waals surface area (Å²) in [5.41, 5.74) is 0. The fourth-order valence-electron chi connectivity index (χ4n) is 1.04. The van der Waals surface area contributed by atoms with Gasteiger partial charge in [-0.1, -0.05) is 22.5 Å². The lowest BCUT2D eigenvalue weighted by atomic mass is 10.3. The van der Waals surface area contributed by atoms with E-state index in [4.69, 9.17) is 9.36 Å². The summed E-state index contributed by atoms with van der Waals surface area (Å²) in [7, 11) is 0.289. The molecule has 0 fully saturated rings. The quantitative estimate of drug-likeness (QED) is 0.932. The molecule has 86 valence electrons. The number of aromatic amines is 1. The predicted octanol–water partition coefficient (Wildman–Crippen LogP) is 3.22. The molecule has 1 aromatic heterocycles. The van der Waals surface area contributed by atoms with Crippen LogP contribution in [0.5, 0.6) is 5.75 Å². The highest BCUT2D eigenvalue weighted by atomic mass is 31.2. The number of nitrogens with zero attached hydrogens (tertiary/aromatic N) is 2. The zero-order chi connectivity index (χ0) is 11.2. The van der Waals surface area contributed by atoms with E-state index < -0.39 is 8.08 Å². The smallest absolute Gasteiger partial charge is 0.218 e. The number of benzene rings is 1. The number of rotatable bonds is 4. The third kappa shape index (κ3) is 3.13. The van der Waals surface area contributed by atoms with Crippen molar-refractivity contribution < 1.29 is 9.36 Å². The first-order valence-corrected chi connectivity index (χ1v) is 7.73. The second kappa shape index (κ2) is 6.12. The highest BCUT2D eigenvalue weighted by molar-refractivity contribution is 7.50. The number of nitrogens with one attached hydrogen (secondary N) is 1. The van der Waals surface area contributed by atoms with Crippen LogP contribution in [0.3, 0.4) is 0 Å². The van der Waals surface area contributed by atoms with E-state index in [0.29, 0.717) is 15.1 Å². The summed E-state index contributed by atoms with van der Waals surface area (Å²) in [6, 6.07) is 9.64. The Hall–Kier alpha value is -0.720. The molecule has 5 nitrogen and oxygen atoms in total. The van der Waals surface area contributed by atoms with Crippen LogP contribution in [0.1, 0.15) is 6.92 Å². The molecule has 16 heavy (non-hydrogen) atoms. The molecule has 0 radical (unpaired) electrons. The summed E-state index contributed by atoms with van der Waals surface area (Å²) in [6.45, 7) is 2.63. The number of hydrogen-bond donors (Lipinski definition) is 1. The van der Waals surface area contributed by atoms with E-state index in [2.05, 4.69) is 9.02 Å². The summed E-state index contributed by atoms with van der Waals surface area (Å²) in [5, 5.41) is 0. The Balaban J connectivity index is 2.21. The minimum absolute atomic E-state index is 0.383. The highest BCUT2D eigenvalue weighted by Gasteiger charge is 2.01. The van der Waals surface area contributed by atoms with Crippen LogP contribution in [-0.4, -0.2) is 19.9 Å². The first kappa shape index (κ1) is 11.8. The van der Waals surface area contributed by atoms with Gasteiger partial charge in [-0.3, -0.25) is 4.51 Å². The highest BCUT2D eigenvalue weighted by Crippen LogP contribution is 2.26. The Morgan fingerprint density at radius 1 is 1.50 bits per heavy atom. The molecule has 0 bridgehead atoms. The SMILES string of the molecule is CCOp1[nH][pH]npn1Oc1ccccc1. The molecule has 1 heterocycles. The van der Waals surface area contributed by atoms with Crippen LogP contribution in [0, 0.1) is 0 Å². The molecule has 0 saturated heterocycles. The van der Waals surface area contributed by atoms with Gasteiger partial charge in [-0.25, -0.2) is 0 Å². The third-order valence-corrected chi connectivity index (χ3v) is 5.43. The molecular weight excluding hydrogens is 263 g/mol. The zero-order valence-corrected chi connectivity index (χ0v) is 11.5. The molecule has 8 heteroatoms. The summed E-state index contributed by atoms with van der Waals surface area (Å²) < 4.78 is 14.7.